The number of halogens is 2. The zero-order valence-corrected chi connectivity index (χ0v) is 11.8. The van der Waals surface area contributed by atoms with E-state index in [9.17, 15) is 4.79 Å². The first-order valence-corrected chi connectivity index (χ1v) is 6.73. The Morgan fingerprint density at radius 2 is 2.17 bits per heavy atom. The van der Waals surface area contributed by atoms with Gasteiger partial charge in [0.2, 0.25) is 5.91 Å². The zero-order valence-electron chi connectivity index (χ0n) is 10.2. The van der Waals surface area contributed by atoms with Gasteiger partial charge < -0.3 is 10.2 Å². The van der Waals surface area contributed by atoms with Gasteiger partial charge in [-0.15, -0.1) is 0 Å². The molecule has 1 aliphatic rings. The summed E-state index contributed by atoms with van der Waals surface area (Å²) >= 11 is 11.9. The van der Waals surface area contributed by atoms with E-state index in [0.717, 1.165) is 5.56 Å². The second-order valence-electron chi connectivity index (χ2n) is 4.64. The van der Waals surface area contributed by atoms with Gasteiger partial charge in [0, 0.05) is 29.7 Å². The molecule has 0 aliphatic heterocycles. The highest BCUT2D eigenvalue weighted by molar-refractivity contribution is 6.35. The van der Waals surface area contributed by atoms with Crippen LogP contribution in [0.2, 0.25) is 10.0 Å². The second kappa shape index (κ2) is 5.91. The third kappa shape index (κ3) is 3.87. The molecule has 5 heteroatoms. The van der Waals surface area contributed by atoms with Crippen molar-refractivity contribution < 1.29 is 4.79 Å². The summed E-state index contributed by atoms with van der Waals surface area (Å²) in [7, 11) is 1.78. The van der Waals surface area contributed by atoms with Crippen LogP contribution < -0.4 is 5.32 Å². The summed E-state index contributed by atoms with van der Waals surface area (Å²) in [6.45, 7) is 0.896. The van der Waals surface area contributed by atoms with Crippen LogP contribution in [-0.4, -0.2) is 30.4 Å². The smallest absolute Gasteiger partial charge is 0.236 e. The number of carbonyl (C=O) groups excluding carboxylic acids is 1. The summed E-state index contributed by atoms with van der Waals surface area (Å²) in [6, 6.07) is 5.87. The number of rotatable bonds is 5. The maximum Gasteiger partial charge on any atom is 0.236 e. The molecular weight excluding hydrogens is 271 g/mol. The molecule has 18 heavy (non-hydrogen) atoms. The third-order valence-corrected chi connectivity index (χ3v) is 3.55. The molecular formula is C13H16Cl2N2O. The minimum atomic E-state index is 0.0768. The Hall–Kier alpha value is -0.770. The number of hydrogen-bond donors (Lipinski definition) is 1. The summed E-state index contributed by atoms with van der Waals surface area (Å²) < 4.78 is 0. The number of nitrogens with one attached hydrogen (secondary N) is 1. The van der Waals surface area contributed by atoms with Gasteiger partial charge in [0.25, 0.3) is 0 Å². The zero-order chi connectivity index (χ0) is 13.1. The molecule has 1 aromatic rings. The normalized spacial score (nSPS) is 14.6. The standard InChI is InChI=1S/C13H16Cl2N2O/c1-17(13(18)7-16-11-4-5-11)8-9-2-3-10(14)6-12(9)15/h2-3,6,11,16H,4-5,7-8H2,1H3. The topological polar surface area (TPSA) is 32.3 Å². The molecule has 1 amide bonds. The van der Waals surface area contributed by atoms with E-state index in [4.69, 9.17) is 23.2 Å². The lowest BCUT2D eigenvalue weighted by Crippen LogP contribution is -2.36. The van der Waals surface area contributed by atoms with Crippen LogP contribution in [0.1, 0.15) is 18.4 Å². The Balaban J connectivity index is 1.88. The summed E-state index contributed by atoms with van der Waals surface area (Å²) in [6.07, 6.45) is 2.36. The van der Waals surface area contributed by atoms with Gasteiger partial charge in [0.1, 0.15) is 0 Å². The highest BCUT2D eigenvalue weighted by atomic mass is 35.5. The van der Waals surface area contributed by atoms with Crippen molar-refractivity contribution in [3.05, 3.63) is 33.8 Å². The number of benzene rings is 1. The first-order valence-electron chi connectivity index (χ1n) is 5.97. The van der Waals surface area contributed by atoms with E-state index in [2.05, 4.69) is 5.32 Å². The van der Waals surface area contributed by atoms with Crippen molar-refractivity contribution in [1.29, 1.82) is 0 Å². The van der Waals surface area contributed by atoms with Gasteiger partial charge in [0.15, 0.2) is 0 Å². The summed E-state index contributed by atoms with van der Waals surface area (Å²) in [4.78, 5) is 13.5. The molecule has 1 aliphatic carbocycles. The fourth-order valence-electron chi connectivity index (χ4n) is 1.65. The van der Waals surface area contributed by atoms with Gasteiger partial charge in [-0.1, -0.05) is 29.3 Å². The van der Waals surface area contributed by atoms with E-state index in [-0.39, 0.29) is 5.91 Å². The van der Waals surface area contributed by atoms with Crippen LogP contribution in [0.15, 0.2) is 18.2 Å². The Labute approximate surface area is 117 Å². The number of nitrogens with zero attached hydrogens (tertiary/aromatic N) is 1. The highest BCUT2D eigenvalue weighted by Crippen LogP contribution is 2.22. The number of carbonyl (C=O) groups is 1. The first-order chi connectivity index (χ1) is 8.56. The predicted octanol–water partition coefficient (Wildman–Crippen LogP) is 2.70. The minimum Gasteiger partial charge on any atom is -0.340 e. The molecule has 0 spiro atoms. The van der Waals surface area contributed by atoms with Crippen LogP contribution in [-0.2, 0) is 11.3 Å². The second-order valence-corrected chi connectivity index (χ2v) is 5.48. The van der Waals surface area contributed by atoms with Crippen molar-refractivity contribution in [3.63, 3.8) is 0 Å². The molecule has 0 saturated heterocycles. The number of likely N-dealkylation sites (N-methyl/N-ethyl adjacent to an activating group) is 1. The van der Waals surface area contributed by atoms with Crippen LogP contribution in [0.5, 0.6) is 0 Å². The van der Waals surface area contributed by atoms with E-state index < -0.39 is 0 Å². The van der Waals surface area contributed by atoms with Gasteiger partial charge >= 0.3 is 0 Å². The van der Waals surface area contributed by atoms with Gasteiger partial charge in [-0.25, -0.2) is 0 Å². The maximum absolute atomic E-state index is 11.9. The predicted molar refractivity (Wildman–Crippen MR) is 74.0 cm³/mol. The van der Waals surface area contributed by atoms with Gasteiger partial charge in [-0.05, 0) is 30.5 Å². The molecule has 0 atom stereocenters. The molecule has 1 saturated carbocycles. The maximum atomic E-state index is 11.9. The van der Waals surface area contributed by atoms with Crippen molar-refractivity contribution in [2.75, 3.05) is 13.6 Å². The third-order valence-electron chi connectivity index (χ3n) is 2.97. The molecule has 0 unspecified atom stereocenters. The molecule has 1 fully saturated rings. The Kier molecular flexibility index (Phi) is 4.49. The molecule has 2 rings (SSSR count). The van der Waals surface area contributed by atoms with E-state index in [1.165, 1.54) is 12.8 Å². The molecule has 98 valence electrons. The molecule has 0 radical (unpaired) electrons. The monoisotopic (exact) mass is 286 g/mol. The van der Waals surface area contributed by atoms with Crippen LogP contribution in [0, 0.1) is 0 Å². The van der Waals surface area contributed by atoms with E-state index in [0.29, 0.717) is 29.2 Å². The van der Waals surface area contributed by atoms with Gasteiger partial charge in [0.05, 0.1) is 6.54 Å². The van der Waals surface area contributed by atoms with Crippen molar-refractivity contribution in [2.24, 2.45) is 0 Å². The van der Waals surface area contributed by atoms with Crippen molar-refractivity contribution in [3.8, 4) is 0 Å². The van der Waals surface area contributed by atoms with Crippen LogP contribution in [0.25, 0.3) is 0 Å². The SMILES string of the molecule is CN(Cc1ccc(Cl)cc1Cl)C(=O)CNC1CC1. The van der Waals surface area contributed by atoms with Crippen LogP contribution >= 0.6 is 23.2 Å². The van der Waals surface area contributed by atoms with Crippen LogP contribution in [0.4, 0.5) is 0 Å². The highest BCUT2D eigenvalue weighted by Gasteiger charge is 2.22. The molecule has 0 aromatic heterocycles. The lowest BCUT2D eigenvalue weighted by Gasteiger charge is -2.18. The number of amides is 1. The number of hydrogen-bond acceptors (Lipinski definition) is 2. The summed E-state index contributed by atoms with van der Waals surface area (Å²) in [5.41, 5.74) is 0.906. The lowest BCUT2D eigenvalue weighted by molar-refractivity contribution is -0.129. The molecule has 0 heterocycles. The Morgan fingerprint density at radius 1 is 1.44 bits per heavy atom. The Morgan fingerprint density at radius 3 is 2.78 bits per heavy atom. The lowest BCUT2D eigenvalue weighted by atomic mass is 10.2. The minimum absolute atomic E-state index is 0.0768. The van der Waals surface area contributed by atoms with Gasteiger partial charge in [-0.3, -0.25) is 4.79 Å². The van der Waals surface area contributed by atoms with E-state index in [1.807, 2.05) is 6.07 Å². The molecule has 3 nitrogen and oxygen atoms in total. The fourth-order valence-corrected chi connectivity index (χ4v) is 2.12. The van der Waals surface area contributed by atoms with Crippen molar-refractivity contribution >= 4 is 29.1 Å². The quantitative estimate of drug-likeness (QED) is 0.903. The van der Waals surface area contributed by atoms with Crippen molar-refractivity contribution in [2.45, 2.75) is 25.4 Å². The molecule has 0 bridgehead atoms. The average Bonchev–Trinajstić information content (AvgIpc) is 3.13. The summed E-state index contributed by atoms with van der Waals surface area (Å²) in [5, 5.41) is 4.40. The Bertz CT molecular complexity index is 447. The van der Waals surface area contributed by atoms with E-state index >= 15 is 0 Å². The van der Waals surface area contributed by atoms with Crippen LogP contribution in [0.3, 0.4) is 0 Å². The van der Waals surface area contributed by atoms with Crippen molar-refractivity contribution in [1.82, 2.24) is 10.2 Å². The molecule has 1 aromatic carbocycles. The molecule has 1 N–H and O–H groups in total. The summed E-state index contributed by atoms with van der Waals surface area (Å²) in [5.74, 6) is 0.0768. The largest absolute Gasteiger partial charge is 0.340 e. The van der Waals surface area contributed by atoms with Gasteiger partial charge in [-0.2, -0.15) is 0 Å². The first kappa shape index (κ1) is 13.7. The average molecular weight is 287 g/mol. The fraction of sp³-hybridized carbons (Fsp3) is 0.462. The van der Waals surface area contributed by atoms with E-state index in [1.54, 1.807) is 24.1 Å².